The number of alkyl halides is 3. The van der Waals surface area contributed by atoms with E-state index >= 15 is 0 Å². The monoisotopic (exact) mass is 591 g/mol. The predicted octanol–water partition coefficient (Wildman–Crippen LogP) is 6.00. The summed E-state index contributed by atoms with van der Waals surface area (Å²) in [5.74, 6) is 0.0440. The molecule has 30 heavy (non-hydrogen) atoms. The number of rotatable bonds is 2. The number of Topliss-reactive ketones (excluding diaryl/α,β-unsaturated/α-hetero) is 1. The van der Waals surface area contributed by atoms with Crippen molar-refractivity contribution in [2.24, 2.45) is 4.99 Å². The minimum Gasteiger partial charge on any atom is -0.304 e. The van der Waals surface area contributed by atoms with E-state index in [1.807, 2.05) is 26.0 Å². The van der Waals surface area contributed by atoms with Gasteiger partial charge in [0.2, 0.25) is 0 Å². The summed E-state index contributed by atoms with van der Waals surface area (Å²) >= 11 is 0. The molecule has 3 aromatic rings. The van der Waals surface area contributed by atoms with E-state index in [-0.39, 0.29) is 31.0 Å². The molecule has 0 amide bonds. The maximum atomic E-state index is 13.2. The van der Waals surface area contributed by atoms with E-state index in [9.17, 15) is 18.0 Å². The molecule has 0 saturated carbocycles. The summed E-state index contributed by atoms with van der Waals surface area (Å²) in [6.07, 6.45) is -2.97. The molecule has 0 N–H and O–H groups in total. The summed E-state index contributed by atoms with van der Waals surface area (Å²) in [4.78, 5) is 18.2. The van der Waals surface area contributed by atoms with E-state index in [0.717, 1.165) is 17.2 Å². The average Bonchev–Trinajstić information content (AvgIpc) is 2.65. The van der Waals surface area contributed by atoms with E-state index in [1.165, 1.54) is 25.3 Å². The molecule has 7 heteroatoms. The van der Waals surface area contributed by atoms with Crippen LogP contribution in [0.5, 0.6) is 0 Å². The molecular weight excluding hydrogens is 567 g/mol. The molecule has 0 fully saturated rings. The van der Waals surface area contributed by atoms with Gasteiger partial charge in [0.05, 0.1) is 11.3 Å². The Hall–Kier alpha value is -2.38. The zero-order valence-electron chi connectivity index (χ0n) is 17.3. The third kappa shape index (κ3) is 6.31. The zero-order chi connectivity index (χ0) is 21.8. The van der Waals surface area contributed by atoms with Crippen LogP contribution in [0.15, 0.2) is 47.6 Å². The quantitative estimate of drug-likeness (QED) is 0.272. The molecule has 1 heterocycles. The molecule has 0 atom stereocenters. The number of halogens is 3. The third-order valence-electron chi connectivity index (χ3n) is 4.36. The van der Waals surface area contributed by atoms with Crippen molar-refractivity contribution >= 4 is 22.3 Å². The first-order valence-corrected chi connectivity index (χ1v) is 8.94. The minimum atomic E-state index is -4.38. The summed E-state index contributed by atoms with van der Waals surface area (Å²) in [5.41, 5.74) is 3.13. The smallest absolute Gasteiger partial charge is 0.304 e. The topological polar surface area (TPSA) is 42.3 Å². The number of carbonyl (C=O) groups is 1. The van der Waals surface area contributed by atoms with Crippen LogP contribution in [0.3, 0.4) is 0 Å². The van der Waals surface area contributed by atoms with Crippen molar-refractivity contribution in [3.63, 3.8) is 0 Å². The number of aliphatic imine (C=N–C) groups is 1. The Bertz CT molecular complexity index is 1060. The summed E-state index contributed by atoms with van der Waals surface area (Å²) < 4.78 is 39.5. The molecule has 0 spiro atoms. The fourth-order valence-corrected chi connectivity index (χ4v) is 2.85. The summed E-state index contributed by atoms with van der Waals surface area (Å²) in [6, 6.07) is 12.6. The van der Waals surface area contributed by atoms with Gasteiger partial charge < -0.3 is 4.98 Å². The Morgan fingerprint density at radius 1 is 1.07 bits per heavy atom. The second kappa shape index (κ2) is 10.6. The molecule has 159 valence electrons. The summed E-state index contributed by atoms with van der Waals surface area (Å²) in [5, 5.41) is 0.645. The molecular formula is C23H22F3N2OOs. The average molecular weight is 590 g/mol. The first-order valence-electron chi connectivity index (χ1n) is 8.94. The molecule has 0 saturated heterocycles. The van der Waals surface area contributed by atoms with Crippen LogP contribution in [0.2, 0.25) is 0 Å². The van der Waals surface area contributed by atoms with Gasteiger partial charge in [0.25, 0.3) is 0 Å². The number of aryl methyl sites for hydroxylation is 2. The van der Waals surface area contributed by atoms with Crippen molar-refractivity contribution in [2.75, 3.05) is 7.05 Å². The van der Waals surface area contributed by atoms with Crippen LogP contribution in [0.4, 0.5) is 13.2 Å². The predicted molar refractivity (Wildman–Crippen MR) is 110 cm³/mol. The minimum absolute atomic E-state index is 0. The van der Waals surface area contributed by atoms with Gasteiger partial charge in [0, 0.05) is 20.2 Å². The van der Waals surface area contributed by atoms with Gasteiger partial charge in [-0.3, -0.25) is 9.79 Å². The van der Waals surface area contributed by atoms with Crippen molar-refractivity contribution in [2.45, 2.75) is 33.9 Å². The van der Waals surface area contributed by atoms with Crippen molar-refractivity contribution in [1.29, 1.82) is 0 Å². The maximum Gasteiger partial charge on any atom is 1.00 e. The molecule has 2 aromatic carbocycles. The van der Waals surface area contributed by atoms with Crippen LogP contribution < -0.4 is 0 Å². The Labute approximate surface area is 187 Å². The molecule has 3 rings (SSSR count). The number of benzene rings is 2. The van der Waals surface area contributed by atoms with E-state index in [2.05, 4.69) is 16.0 Å². The SMILES string of the molecule is CN=C(C)C(C)=O.Cc1[c-]c(-c2nccc3c(C(F)(F)F)cccc23)cc(C)c1.[Os+]. The molecule has 0 aliphatic carbocycles. The van der Waals surface area contributed by atoms with Crippen LogP contribution in [0.1, 0.15) is 30.5 Å². The number of hydrogen-bond donors (Lipinski definition) is 0. The van der Waals surface area contributed by atoms with Crippen molar-refractivity contribution in [1.82, 2.24) is 4.98 Å². The standard InChI is InChI=1S/C18H13F3N.C5H9NO.Os/c1-11-8-12(2)10-13(9-11)17-15-4-3-5-16(18(19,20)21)14(15)6-7-22-17;1-4(6-3)5(2)7;/h3-9H,1-2H3;1-3H3;/q-1;;+1. The molecule has 0 unspecified atom stereocenters. The second-order valence-electron chi connectivity index (χ2n) is 6.68. The number of aromatic nitrogens is 1. The van der Waals surface area contributed by atoms with Gasteiger partial charge in [0.1, 0.15) is 0 Å². The van der Waals surface area contributed by atoms with Crippen LogP contribution in [-0.2, 0) is 30.8 Å². The Balaban J connectivity index is 0.000000489. The molecule has 3 nitrogen and oxygen atoms in total. The molecule has 0 bridgehead atoms. The first-order chi connectivity index (χ1) is 13.5. The number of pyridine rings is 1. The fraction of sp³-hybridized carbons (Fsp3) is 0.261. The third-order valence-corrected chi connectivity index (χ3v) is 4.36. The van der Waals surface area contributed by atoms with Crippen molar-refractivity contribution in [3.05, 3.63) is 65.4 Å². The Morgan fingerprint density at radius 3 is 2.23 bits per heavy atom. The summed E-state index contributed by atoms with van der Waals surface area (Å²) in [7, 11) is 1.61. The van der Waals surface area contributed by atoms with Crippen LogP contribution >= 0.6 is 0 Å². The normalized spacial score (nSPS) is 11.4. The number of ketones is 1. The molecule has 1 aromatic heterocycles. The van der Waals surface area contributed by atoms with Gasteiger partial charge in [-0.1, -0.05) is 26.0 Å². The zero-order valence-corrected chi connectivity index (χ0v) is 19.9. The van der Waals surface area contributed by atoms with Crippen molar-refractivity contribution < 1.29 is 37.8 Å². The van der Waals surface area contributed by atoms with E-state index in [1.54, 1.807) is 20.0 Å². The number of hydrogen-bond acceptors (Lipinski definition) is 3. The molecule has 0 aliphatic rings. The van der Waals surface area contributed by atoms with Crippen LogP contribution in [-0.4, -0.2) is 23.5 Å². The maximum absolute atomic E-state index is 13.2. The van der Waals surface area contributed by atoms with Gasteiger partial charge in [-0.15, -0.1) is 34.9 Å². The van der Waals surface area contributed by atoms with E-state index in [4.69, 9.17) is 0 Å². The van der Waals surface area contributed by atoms with E-state index in [0.29, 0.717) is 22.4 Å². The Morgan fingerprint density at radius 2 is 1.73 bits per heavy atom. The fourth-order valence-electron chi connectivity index (χ4n) is 2.85. The van der Waals surface area contributed by atoms with Crippen LogP contribution in [0.25, 0.3) is 22.0 Å². The largest absolute Gasteiger partial charge is 1.00 e. The molecule has 1 radical (unpaired) electrons. The van der Waals surface area contributed by atoms with E-state index < -0.39 is 11.7 Å². The summed E-state index contributed by atoms with van der Waals surface area (Å²) in [6.45, 7) is 7.05. The van der Waals surface area contributed by atoms with Gasteiger partial charge in [-0.2, -0.15) is 13.2 Å². The van der Waals surface area contributed by atoms with Gasteiger partial charge in [-0.25, -0.2) is 0 Å². The van der Waals surface area contributed by atoms with Crippen LogP contribution in [0, 0.1) is 19.9 Å². The van der Waals surface area contributed by atoms with Gasteiger partial charge >= 0.3 is 26.0 Å². The first kappa shape index (κ1) is 25.7. The number of fused-ring (bicyclic) bond motifs is 1. The molecule has 0 aliphatic heterocycles. The Kier molecular flexibility index (Phi) is 9.05. The van der Waals surface area contributed by atoms with Gasteiger partial charge in [-0.05, 0) is 35.5 Å². The number of nitrogens with zero attached hydrogens (tertiary/aromatic N) is 2. The number of carbonyl (C=O) groups excluding carboxylic acids is 1. The second-order valence-corrected chi connectivity index (χ2v) is 6.68. The van der Waals surface area contributed by atoms with Crippen molar-refractivity contribution in [3.8, 4) is 11.3 Å². The van der Waals surface area contributed by atoms with Gasteiger partial charge in [0.15, 0.2) is 5.78 Å².